The Hall–Kier alpha value is -0.120. The number of methoxy groups -OCH3 is 1. The van der Waals surface area contributed by atoms with Crippen molar-refractivity contribution in [2.45, 2.75) is 25.3 Å². The number of hydrogen-bond acceptors (Lipinski definition) is 3. The van der Waals surface area contributed by atoms with E-state index in [0.29, 0.717) is 0 Å². The normalized spacial score (nSPS) is 31.5. The first-order valence-corrected chi connectivity index (χ1v) is 5.84. The minimum Gasteiger partial charge on any atom is -0.383 e. The largest absolute Gasteiger partial charge is 0.383 e. The highest BCUT2D eigenvalue weighted by atomic mass is 16.5. The van der Waals surface area contributed by atoms with E-state index in [1.165, 1.54) is 32.4 Å². The van der Waals surface area contributed by atoms with Crippen molar-refractivity contribution in [3.05, 3.63) is 0 Å². The zero-order valence-electron chi connectivity index (χ0n) is 9.17. The van der Waals surface area contributed by atoms with Gasteiger partial charge in [0.05, 0.1) is 6.61 Å². The Labute approximate surface area is 86.8 Å². The van der Waals surface area contributed by atoms with E-state index in [1.54, 1.807) is 7.11 Å². The van der Waals surface area contributed by atoms with E-state index in [9.17, 15) is 0 Å². The molecule has 0 aromatic carbocycles. The molecule has 0 aromatic rings. The number of rotatable bonds is 6. The summed E-state index contributed by atoms with van der Waals surface area (Å²) < 4.78 is 4.99. The molecule has 0 radical (unpaired) electrons. The monoisotopic (exact) mass is 198 g/mol. The highest BCUT2D eigenvalue weighted by Gasteiger charge is 2.36. The van der Waals surface area contributed by atoms with Crippen LogP contribution in [0.5, 0.6) is 0 Å². The highest BCUT2D eigenvalue weighted by Crippen LogP contribution is 2.36. The van der Waals surface area contributed by atoms with Crippen LogP contribution in [0.2, 0.25) is 0 Å². The first-order chi connectivity index (χ1) is 6.90. The van der Waals surface area contributed by atoms with Gasteiger partial charge in [-0.05, 0) is 25.2 Å². The number of ether oxygens (including phenoxy) is 1. The second kappa shape index (κ2) is 5.10. The molecule has 82 valence electrons. The lowest BCUT2D eigenvalue weighted by Gasteiger charge is -2.26. The van der Waals surface area contributed by atoms with E-state index in [4.69, 9.17) is 4.74 Å². The number of piperidine rings is 1. The summed E-state index contributed by atoms with van der Waals surface area (Å²) >= 11 is 0. The molecule has 0 spiro atoms. The van der Waals surface area contributed by atoms with Crippen molar-refractivity contribution in [3.63, 3.8) is 0 Å². The van der Waals surface area contributed by atoms with Crippen molar-refractivity contribution in [3.8, 4) is 0 Å². The molecule has 1 N–H and O–H groups in total. The first kappa shape index (κ1) is 10.4. The second-order valence-electron chi connectivity index (χ2n) is 4.57. The fourth-order valence-electron chi connectivity index (χ4n) is 2.82. The summed E-state index contributed by atoms with van der Waals surface area (Å²) in [7, 11) is 1.75. The molecule has 1 saturated carbocycles. The van der Waals surface area contributed by atoms with Gasteiger partial charge in [-0.1, -0.05) is 0 Å². The Balaban J connectivity index is 1.54. The maximum Gasteiger partial charge on any atom is 0.0587 e. The lowest BCUT2D eigenvalue weighted by atomic mass is 10.1. The predicted octanol–water partition coefficient (Wildman–Crippen LogP) is 0.707. The van der Waals surface area contributed by atoms with Crippen LogP contribution in [-0.2, 0) is 4.74 Å². The highest BCUT2D eigenvalue weighted by molar-refractivity contribution is 4.91. The Kier molecular flexibility index (Phi) is 3.79. The molecule has 2 rings (SSSR count). The third-order valence-electron chi connectivity index (χ3n) is 3.58. The molecular formula is C11H22N2O. The van der Waals surface area contributed by atoms with E-state index < -0.39 is 0 Å². The fraction of sp³-hybridized carbons (Fsp3) is 1.00. The summed E-state index contributed by atoms with van der Waals surface area (Å²) in [6.45, 7) is 5.51. The molecule has 1 heterocycles. The summed E-state index contributed by atoms with van der Waals surface area (Å²) in [5, 5.41) is 3.41. The number of likely N-dealkylation sites (tertiary alicyclic amines) is 1. The molecule has 2 fully saturated rings. The van der Waals surface area contributed by atoms with Crippen LogP contribution < -0.4 is 5.32 Å². The second-order valence-corrected chi connectivity index (χ2v) is 4.57. The number of nitrogens with zero attached hydrogens (tertiary/aromatic N) is 1. The quantitative estimate of drug-likeness (QED) is 0.636. The summed E-state index contributed by atoms with van der Waals surface area (Å²) in [5.74, 6) is 1.03. The number of fused-ring (bicyclic) bond motifs is 2. The number of hydrogen-bond donors (Lipinski definition) is 1. The molecule has 2 aliphatic rings. The first-order valence-electron chi connectivity index (χ1n) is 5.84. The van der Waals surface area contributed by atoms with Crippen LogP contribution in [0, 0.1) is 5.92 Å². The van der Waals surface area contributed by atoms with Crippen molar-refractivity contribution < 1.29 is 4.74 Å². The van der Waals surface area contributed by atoms with Crippen LogP contribution in [-0.4, -0.2) is 50.8 Å². The average Bonchev–Trinajstić information content (AvgIpc) is 2.79. The van der Waals surface area contributed by atoms with Crippen molar-refractivity contribution >= 4 is 0 Å². The maximum absolute atomic E-state index is 4.99. The van der Waals surface area contributed by atoms with Crippen molar-refractivity contribution in [2.24, 2.45) is 5.92 Å². The van der Waals surface area contributed by atoms with Gasteiger partial charge in [-0.3, -0.25) is 4.90 Å². The third-order valence-corrected chi connectivity index (χ3v) is 3.58. The van der Waals surface area contributed by atoms with E-state index in [1.807, 2.05) is 0 Å². The van der Waals surface area contributed by atoms with Gasteiger partial charge < -0.3 is 10.1 Å². The van der Waals surface area contributed by atoms with Crippen LogP contribution in [0.4, 0.5) is 0 Å². The van der Waals surface area contributed by atoms with Crippen molar-refractivity contribution in [1.82, 2.24) is 10.2 Å². The topological polar surface area (TPSA) is 24.5 Å². The zero-order chi connectivity index (χ0) is 9.80. The Morgan fingerprint density at radius 3 is 2.93 bits per heavy atom. The summed E-state index contributed by atoms with van der Waals surface area (Å²) in [6.07, 6.45) is 4.40. The lowest BCUT2D eigenvalue weighted by molar-refractivity contribution is 0.190. The fourth-order valence-corrected chi connectivity index (χ4v) is 2.82. The molecule has 14 heavy (non-hydrogen) atoms. The lowest BCUT2D eigenvalue weighted by Crippen LogP contribution is -2.38. The molecule has 1 saturated heterocycles. The Morgan fingerprint density at radius 1 is 1.36 bits per heavy atom. The Morgan fingerprint density at radius 2 is 2.29 bits per heavy atom. The Bertz CT molecular complexity index is 175. The van der Waals surface area contributed by atoms with Crippen LogP contribution >= 0.6 is 0 Å². The molecule has 2 bridgehead atoms. The van der Waals surface area contributed by atoms with E-state index >= 15 is 0 Å². The molecule has 2 unspecified atom stereocenters. The van der Waals surface area contributed by atoms with Gasteiger partial charge in [0.15, 0.2) is 0 Å². The molecule has 0 aromatic heterocycles. The van der Waals surface area contributed by atoms with Crippen LogP contribution in [0.1, 0.15) is 19.3 Å². The molecule has 3 nitrogen and oxygen atoms in total. The van der Waals surface area contributed by atoms with Crippen molar-refractivity contribution in [2.75, 3.05) is 39.9 Å². The van der Waals surface area contributed by atoms with E-state index in [0.717, 1.165) is 31.7 Å². The number of nitrogens with one attached hydrogen (secondary N) is 1. The SMILES string of the molecule is COCCNCCN1CC2CCC1C2. The van der Waals surface area contributed by atoms with Gasteiger partial charge in [-0.15, -0.1) is 0 Å². The van der Waals surface area contributed by atoms with Gasteiger partial charge in [-0.25, -0.2) is 0 Å². The summed E-state index contributed by atoms with van der Waals surface area (Å²) in [4.78, 5) is 2.66. The van der Waals surface area contributed by atoms with Gasteiger partial charge >= 0.3 is 0 Å². The summed E-state index contributed by atoms with van der Waals surface area (Å²) in [6, 6.07) is 0.921. The molecule has 3 heteroatoms. The van der Waals surface area contributed by atoms with Crippen LogP contribution in [0.3, 0.4) is 0 Å². The standard InChI is InChI=1S/C11H22N2O/c1-14-7-5-12-4-6-13-9-10-2-3-11(13)8-10/h10-12H,2-9H2,1H3. The molecule has 1 aliphatic heterocycles. The maximum atomic E-state index is 4.99. The smallest absolute Gasteiger partial charge is 0.0587 e. The molecular weight excluding hydrogens is 176 g/mol. The van der Waals surface area contributed by atoms with E-state index in [2.05, 4.69) is 10.2 Å². The van der Waals surface area contributed by atoms with Gasteiger partial charge in [-0.2, -0.15) is 0 Å². The third kappa shape index (κ3) is 2.47. The molecule has 2 atom stereocenters. The predicted molar refractivity (Wildman–Crippen MR) is 57.4 cm³/mol. The van der Waals surface area contributed by atoms with Gasteiger partial charge in [0, 0.05) is 39.3 Å². The minimum atomic E-state index is 0.825. The zero-order valence-corrected chi connectivity index (χ0v) is 9.17. The minimum absolute atomic E-state index is 0.825. The van der Waals surface area contributed by atoms with Gasteiger partial charge in [0.2, 0.25) is 0 Å². The van der Waals surface area contributed by atoms with Gasteiger partial charge in [0.1, 0.15) is 0 Å². The summed E-state index contributed by atoms with van der Waals surface area (Å²) in [5.41, 5.74) is 0. The van der Waals surface area contributed by atoms with Crippen LogP contribution in [0.15, 0.2) is 0 Å². The van der Waals surface area contributed by atoms with Crippen molar-refractivity contribution in [1.29, 1.82) is 0 Å². The molecule has 0 amide bonds. The average molecular weight is 198 g/mol. The molecule has 1 aliphatic carbocycles. The van der Waals surface area contributed by atoms with E-state index in [-0.39, 0.29) is 0 Å². The van der Waals surface area contributed by atoms with Gasteiger partial charge in [0.25, 0.3) is 0 Å². The van der Waals surface area contributed by atoms with Crippen LogP contribution in [0.25, 0.3) is 0 Å².